The van der Waals surface area contributed by atoms with E-state index in [1.54, 1.807) is 0 Å². The lowest BCUT2D eigenvalue weighted by atomic mass is 10.1. The first-order valence-corrected chi connectivity index (χ1v) is 7.58. The Bertz CT molecular complexity index is 249. The second-order valence-electron chi connectivity index (χ2n) is 5.83. The zero-order valence-electron chi connectivity index (χ0n) is 11.7. The molecule has 0 radical (unpaired) electrons. The first-order chi connectivity index (χ1) is 8.84. The Hall–Kier alpha value is -0.540. The van der Waals surface area contributed by atoms with Crippen LogP contribution in [0.3, 0.4) is 0 Å². The van der Waals surface area contributed by atoms with E-state index in [0.29, 0.717) is 6.10 Å². The molecule has 104 valence electrons. The molecule has 1 fully saturated rings. The molecule has 2 aliphatic heterocycles. The smallest absolute Gasteiger partial charge is 0.110 e. The maximum atomic E-state index is 5.56. The van der Waals surface area contributed by atoms with Gasteiger partial charge in [0.15, 0.2) is 0 Å². The van der Waals surface area contributed by atoms with Gasteiger partial charge in [0.05, 0.1) is 6.26 Å². The van der Waals surface area contributed by atoms with Crippen LogP contribution in [0.2, 0.25) is 0 Å². The summed E-state index contributed by atoms with van der Waals surface area (Å²) in [6.07, 6.45) is 10.9. The molecule has 2 rings (SSSR count). The van der Waals surface area contributed by atoms with Crippen LogP contribution in [0.5, 0.6) is 0 Å². The van der Waals surface area contributed by atoms with E-state index in [0.717, 1.165) is 31.8 Å². The lowest BCUT2D eigenvalue weighted by molar-refractivity contribution is 0.120. The Kier molecular flexibility index (Phi) is 6.01. The zero-order valence-corrected chi connectivity index (χ0v) is 11.7. The highest BCUT2D eigenvalue weighted by Gasteiger charge is 2.14. The topological polar surface area (TPSA) is 24.5 Å². The van der Waals surface area contributed by atoms with E-state index in [4.69, 9.17) is 4.74 Å². The summed E-state index contributed by atoms with van der Waals surface area (Å²) in [5.74, 6) is 0.738. The highest BCUT2D eigenvalue weighted by molar-refractivity contribution is 4.83. The van der Waals surface area contributed by atoms with E-state index >= 15 is 0 Å². The molecule has 1 N–H and O–H groups in total. The Labute approximate surface area is 112 Å². The average molecular weight is 252 g/mol. The lowest BCUT2D eigenvalue weighted by Gasteiger charge is -2.29. The highest BCUT2D eigenvalue weighted by Crippen LogP contribution is 2.11. The van der Waals surface area contributed by atoms with Gasteiger partial charge in [-0.2, -0.15) is 0 Å². The molecule has 0 spiro atoms. The third kappa shape index (κ3) is 4.99. The Balaban J connectivity index is 1.53. The van der Waals surface area contributed by atoms with E-state index in [2.05, 4.69) is 23.2 Å². The van der Waals surface area contributed by atoms with Crippen molar-refractivity contribution in [3.05, 3.63) is 12.3 Å². The van der Waals surface area contributed by atoms with Crippen molar-refractivity contribution in [3.63, 3.8) is 0 Å². The van der Waals surface area contributed by atoms with Crippen molar-refractivity contribution < 1.29 is 4.74 Å². The molecule has 2 heterocycles. The van der Waals surface area contributed by atoms with Gasteiger partial charge >= 0.3 is 0 Å². The van der Waals surface area contributed by atoms with Crippen LogP contribution in [0, 0.1) is 5.92 Å². The Morgan fingerprint density at radius 3 is 2.89 bits per heavy atom. The van der Waals surface area contributed by atoms with Crippen LogP contribution in [-0.2, 0) is 4.74 Å². The second kappa shape index (κ2) is 7.80. The molecule has 0 saturated carbocycles. The largest absolute Gasteiger partial charge is 0.497 e. The second-order valence-corrected chi connectivity index (χ2v) is 5.83. The first-order valence-electron chi connectivity index (χ1n) is 7.58. The lowest BCUT2D eigenvalue weighted by Crippen LogP contribution is -2.38. The van der Waals surface area contributed by atoms with Gasteiger partial charge in [-0.05, 0) is 57.3 Å². The molecule has 0 aromatic carbocycles. The van der Waals surface area contributed by atoms with Gasteiger partial charge in [-0.1, -0.05) is 13.3 Å². The van der Waals surface area contributed by atoms with E-state index < -0.39 is 0 Å². The summed E-state index contributed by atoms with van der Waals surface area (Å²) in [5, 5.41) is 3.56. The standard InChI is InChI=1S/C15H28N2O/c1-14(13-17-8-4-2-5-9-17)11-16-12-15-7-3-6-10-18-15/h6,10,14-16H,2-5,7-9,11-13H2,1H3. The van der Waals surface area contributed by atoms with Crippen LogP contribution in [-0.4, -0.2) is 43.7 Å². The molecular weight excluding hydrogens is 224 g/mol. The number of likely N-dealkylation sites (tertiary alicyclic amines) is 1. The molecule has 18 heavy (non-hydrogen) atoms. The monoisotopic (exact) mass is 252 g/mol. The maximum Gasteiger partial charge on any atom is 0.110 e. The number of nitrogens with one attached hydrogen (secondary N) is 1. The summed E-state index contributed by atoms with van der Waals surface area (Å²) in [6.45, 7) is 8.32. The molecule has 0 bridgehead atoms. The molecule has 2 atom stereocenters. The van der Waals surface area contributed by atoms with Crippen molar-refractivity contribution in [2.75, 3.05) is 32.7 Å². The van der Waals surface area contributed by atoms with Gasteiger partial charge in [0.25, 0.3) is 0 Å². The summed E-state index contributed by atoms with van der Waals surface area (Å²) in [6, 6.07) is 0. The summed E-state index contributed by atoms with van der Waals surface area (Å²) in [4.78, 5) is 2.62. The molecule has 0 aromatic heterocycles. The SMILES string of the molecule is CC(CNCC1CCC=CO1)CN1CCCCC1. The number of rotatable bonds is 6. The Morgan fingerprint density at radius 2 is 2.17 bits per heavy atom. The van der Waals surface area contributed by atoms with Gasteiger partial charge < -0.3 is 15.0 Å². The van der Waals surface area contributed by atoms with Crippen molar-refractivity contribution in [2.45, 2.75) is 45.1 Å². The normalized spacial score (nSPS) is 26.8. The fraction of sp³-hybridized carbons (Fsp3) is 0.867. The first kappa shape index (κ1) is 13.9. The van der Waals surface area contributed by atoms with E-state index in [-0.39, 0.29) is 0 Å². The number of hydrogen-bond acceptors (Lipinski definition) is 3. The molecule has 2 unspecified atom stereocenters. The fourth-order valence-corrected chi connectivity index (χ4v) is 2.87. The van der Waals surface area contributed by atoms with Gasteiger partial charge in [-0.3, -0.25) is 0 Å². The van der Waals surface area contributed by atoms with Gasteiger partial charge in [-0.15, -0.1) is 0 Å². The minimum atomic E-state index is 0.386. The number of nitrogens with zero attached hydrogens (tertiary/aromatic N) is 1. The predicted octanol–water partition coefficient (Wildman–Crippen LogP) is 2.39. The van der Waals surface area contributed by atoms with Crippen molar-refractivity contribution in [3.8, 4) is 0 Å². The van der Waals surface area contributed by atoms with E-state index in [1.165, 1.54) is 38.9 Å². The molecule has 3 nitrogen and oxygen atoms in total. The fourth-order valence-electron chi connectivity index (χ4n) is 2.87. The van der Waals surface area contributed by atoms with Crippen LogP contribution in [0.4, 0.5) is 0 Å². The van der Waals surface area contributed by atoms with E-state index in [9.17, 15) is 0 Å². The number of allylic oxidation sites excluding steroid dienone is 1. The third-order valence-electron chi connectivity index (χ3n) is 3.91. The van der Waals surface area contributed by atoms with Crippen LogP contribution in [0.1, 0.15) is 39.0 Å². The molecule has 1 saturated heterocycles. The number of ether oxygens (including phenoxy) is 1. The van der Waals surface area contributed by atoms with Crippen LogP contribution in [0.25, 0.3) is 0 Å². The van der Waals surface area contributed by atoms with Crippen molar-refractivity contribution in [1.82, 2.24) is 10.2 Å². The molecular formula is C15H28N2O. The summed E-state index contributed by atoms with van der Waals surface area (Å²) in [5.41, 5.74) is 0. The minimum Gasteiger partial charge on any atom is -0.497 e. The van der Waals surface area contributed by atoms with Crippen molar-refractivity contribution >= 4 is 0 Å². The summed E-state index contributed by atoms with van der Waals surface area (Å²) in [7, 11) is 0. The maximum absolute atomic E-state index is 5.56. The van der Waals surface area contributed by atoms with E-state index in [1.807, 2.05) is 6.26 Å². The summed E-state index contributed by atoms with van der Waals surface area (Å²) >= 11 is 0. The van der Waals surface area contributed by atoms with Gasteiger partial charge in [0, 0.05) is 13.1 Å². The predicted molar refractivity (Wildman–Crippen MR) is 75.6 cm³/mol. The molecule has 0 aliphatic carbocycles. The number of piperidine rings is 1. The summed E-state index contributed by atoms with van der Waals surface area (Å²) < 4.78 is 5.56. The van der Waals surface area contributed by atoms with Crippen molar-refractivity contribution in [1.29, 1.82) is 0 Å². The van der Waals surface area contributed by atoms with Crippen LogP contribution >= 0.6 is 0 Å². The zero-order chi connectivity index (χ0) is 12.6. The third-order valence-corrected chi connectivity index (χ3v) is 3.91. The van der Waals surface area contributed by atoms with Gasteiger partial charge in [-0.25, -0.2) is 0 Å². The quantitative estimate of drug-likeness (QED) is 0.785. The van der Waals surface area contributed by atoms with Crippen LogP contribution < -0.4 is 5.32 Å². The van der Waals surface area contributed by atoms with Gasteiger partial charge in [0.1, 0.15) is 6.10 Å². The van der Waals surface area contributed by atoms with Crippen LogP contribution in [0.15, 0.2) is 12.3 Å². The molecule has 0 aromatic rings. The minimum absolute atomic E-state index is 0.386. The molecule has 0 amide bonds. The van der Waals surface area contributed by atoms with Gasteiger partial charge in [0.2, 0.25) is 0 Å². The number of hydrogen-bond donors (Lipinski definition) is 1. The van der Waals surface area contributed by atoms with Crippen molar-refractivity contribution in [2.24, 2.45) is 5.92 Å². The average Bonchev–Trinajstić information content (AvgIpc) is 2.41. The molecule has 2 aliphatic rings. The molecule has 3 heteroatoms. The highest BCUT2D eigenvalue weighted by atomic mass is 16.5. The Morgan fingerprint density at radius 1 is 1.33 bits per heavy atom.